The number of anilines is 1. The van der Waals surface area contributed by atoms with Crippen molar-refractivity contribution in [2.24, 2.45) is 0 Å². The smallest absolute Gasteiger partial charge is 0.328 e. The van der Waals surface area contributed by atoms with Gasteiger partial charge in [-0.25, -0.2) is 9.78 Å². The van der Waals surface area contributed by atoms with Gasteiger partial charge < -0.3 is 15.4 Å². The number of nitrogens with zero attached hydrogens (tertiary/aromatic N) is 2. The van der Waals surface area contributed by atoms with Crippen LogP contribution >= 0.6 is 0 Å². The first-order valence-corrected chi connectivity index (χ1v) is 7.99. The highest BCUT2D eigenvalue weighted by molar-refractivity contribution is 5.85. The minimum atomic E-state index is -0.971. The van der Waals surface area contributed by atoms with E-state index < -0.39 is 5.97 Å². The number of aliphatic carboxylic acids is 1. The first kappa shape index (κ1) is 15.3. The molecule has 3 N–H and O–H groups in total. The molecule has 2 aromatic rings. The van der Waals surface area contributed by atoms with Crippen molar-refractivity contribution in [2.75, 3.05) is 5.73 Å². The van der Waals surface area contributed by atoms with Crippen molar-refractivity contribution < 1.29 is 9.90 Å². The lowest BCUT2D eigenvalue weighted by molar-refractivity contribution is -0.131. The zero-order chi connectivity index (χ0) is 16.2. The Balaban J connectivity index is 1.90. The highest BCUT2D eigenvalue weighted by Crippen LogP contribution is 2.33. The maximum Gasteiger partial charge on any atom is 0.328 e. The van der Waals surface area contributed by atoms with E-state index >= 15 is 0 Å². The van der Waals surface area contributed by atoms with Crippen LogP contribution in [-0.2, 0) is 4.79 Å². The Hall–Kier alpha value is -2.56. The van der Waals surface area contributed by atoms with Crippen LogP contribution < -0.4 is 5.73 Å². The summed E-state index contributed by atoms with van der Waals surface area (Å²) in [4.78, 5) is 15.2. The van der Waals surface area contributed by atoms with Crippen LogP contribution in [0.4, 0.5) is 5.69 Å². The van der Waals surface area contributed by atoms with Gasteiger partial charge in [-0.15, -0.1) is 0 Å². The van der Waals surface area contributed by atoms with Gasteiger partial charge in [0.05, 0.1) is 11.4 Å². The fourth-order valence-corrected chi connectivity index (χ4v) is 3.25. The number of carboxylic acids is 1. The summed E-state index contributed by atoms with van der Waals surface area (Å²) >= 11 is 0. The van der Waals surface area contributed by atoms with E-state index in [1.165, 1.54) is 32.1 Å². The summed E-state index contributed by atoms with van der Waals surface area (Å²) < 4.78 is 2.07. The number of aromatic nitrogens is 2. The molecule has 1 fully saturated rings. The molecule has 0 aliphatic heterocycles. The second-order valence-electron chi connectivity index (χ2n) is 5.98. The lowest BCUT2D eigenvalue weighted by Gasteiger charge is -2.22. The van der Waals surface area contributed by atoms with Crippen LogP contribution in [0.5, 0.6) is 0 Å². The molecule has 0 atom stereocenters. The Morgan fingerprint density at radius 3 is 2.78 bits per heavy atom. The molecule has 23 heavy (non-hydrogen) atoms. The van der Waals surface area contributed by atoms with E-state index in [0.717, 1.165) is 23.2 Å². The van der Waals surface area contributed by atoms with E-state index in [0.29, 0.717) is 11.6 Å². The first-order chi connectivity index (χ1) is 11.1. The molecule has 1 heterocycles. The van der Waals surface area contributed by atoms with Gasteiger partial charge in [-0.05, 0) is 36.6 Å². The number of hydrogen-bond donors (Lipinski definition) is 2. The Morgan fingerprint density at radius 2 is 2.09 bits per heavy atom. The summed E-state index contributed by atoms with van der Waals surface area (Å²) in [6, 6.07) is 5.58. The Kier molecular flexibility index (Phi) is 4.46. The monoisotopic (exact) mass is 311 g/mol. The first-order valence-electron chi connectivity index (χ1n) is 7.99. The molecular formula is C18H21N3O2. The van der Waals surface area contributed by atoms with Gasteiger partial charge in [0.15, 0.2) is 0 Å². The number of nitrogen functional groups attached to an aromatic ring is 1. The molecule has 0 saturated heterocycles. The number of benzene rings is 1. The third-order valence-corrected chi connectivity index (χ3v) is 4.37. The maximum absolute atomic E-state index is 10.6. The quantitative estimate of drug-likeness (QED) is 0.667. The van der Waals surface area contributed by atoms with Gasteiger partial charge in [-0.1, -0.05) is 25.3 Å². The number of imidazole rings is 1. The summed E-state index contributed by atoms with van der Waals surface area (Å²) in [6.45, 7) is 0. The van der Waals surface area contributed by atoms with Crippen LogP contribution in [0.25, 0.3) is 11.8 Å². The van der Waals surface area contributed by atoms with E-state index in [9.17, 15) is 4.79 Å². The fourth-order valence-electron chi connectivity index (χ4n) is 3.25. The largest absolute Gasteiger partial charge is 0.478 e. The van der Waals surface area contributed by atoms with E-state index in [1.54, 1.807) is 12.1 Å². The van der Waals surface area contributed by atoms with Crippen molar-refractivity contribution in [3.05, 3.63) is 48.1 Å². The average molecular weight is 311 g/mol. The summed E-state index contributed by atoms with van der Waals surface area (Å²) in [5.41, 5.74) is 8.48. The van der Waals surface area contributed by atoms with Gasteiger partial charge in [-0.3, -0.25) is 0 Å². The summed E-state index contributed by atoms with van der Waals surface area (Å²) in [5, 5.41) is 8.70. The normalized spacial score (nSPS) is 16.0. The molecule has 0 unspecified atom stereocenters. The van der Waals surface area contributed by atoms with Crippen molar-refractivity contribution in [3.8, 4) is 5.69 Å². The number of rotatable bonds is 4. The molecule has 0 amide bonds. The lowest BCUT2D eigenvalue weighted by atomic mass is 9.88. The molecule has 1 aromatic carbocycles. The van der Waals surface area contributed by atoms with Crippen LogP contribution in [0.15, 0.2) is 36.7 Å². The molecule has 0 spiro atoms. The van der Waals surface area contributed by atoms with Crippen molar-refractivity contribution in [1.82, 2.24) is 9.55 Å². The Morgan fingerprint density at radius 1 is 1.30 bits per heavy atom. The molecule has 0 radical (unpaired) electrons. The van der Waals surface area contributed by atoms with Crippen LogP contribution in [0.1, 0.15) is 49.4 Å². The van der Waals surface area contributed by atoms with E-state index in [-0.39, 0.29) is 0 Å². The molecule has 5 heteroatoms. The third kappa shape index (κ3) is 3.44. The number of hydrogen-bond acceptors (Lipinski definition) is 3. The second-order valence-corrected chi connectivity index (χ2v) is 5.98. The predicted octanol–water partition coefficient (Wildman–Crippen LogP) is 3.60. The van der Waals surface area contributed by atoms with Gasteiger partial charge in [0.2, 0.25) is 0 Å². The van der Waals surface area contributed by atoms with Crippen molar-refractivity contribution >= 4 is 17.7 Å². The zero-order valence-corrected chi connectivity index (χ0v) is 13.0. The van der Waals surface area contributed by atoms with Crippen LogP contribution in [0.3, 0.4) is 0 Å². The van der Waals surface area contributed by atoms with Gasteiger partial charge in [0.1, 0.15) is 5.82 Å². The van der Waals surface area contributed by atoms with Gasteiger partial charge in [-0.2, -0.15) is 0 Å². The van der Waals surface area contributed by atoms with Gasteiger partial charge in [0, 0.05) is 24.4 Å². The van der Waals surface area contributed by atoms with Crippen LogP contribution in [0.2, 0.25) is 0 Å². The molecule has 5 nitrogen and oxygen atoms in total. The highest BCUT2D eigenvalue weighted by atomic mass is 16.4. The molecule has 1 aliphatic rings. The summed E-state index contributed by atoms with van der Waals surface area (Å²) in [7, 11) is 0. The number of nitrogens with two attached hydrogens (primary N) is 1. The number of carbonyl (C=O) groups is 1. The van der Waals surface area contributed by atoms with Crippen molar-refractivity contribution in [1.29, 1.82) is 0 Å². The van der Waals surface area contributed by atoms with E-state index in [1.807, 2.05) is 24.5 Å². The third-order valence-electron chi connectivity index (χ3n) is 4.37. The van der Waals surface area contributed by atoms with E-state index in [4.69, 9.17) is 10.8 Å². The SMILES string of the molecule is Nc1cc(/C=C/C(=O)O)ccc1-n1ccnc1C1CCCCC1. The molecule has 120 valence electrons. The summed E-state index contributed by atoms with van der Waals surface area (Å²) in [6.07, 6.45) is 12.6. The summed E-state index contributed by atoms with van der Waals surface area (Å²) in [5.74, 6) is 0.594. The zero-order valence-electron chi connectivity index (χ0n) is 13.0. The molecule has 3 rings (SSSR count). The maximum atomic E-state index is 10.6. The highest BCUT2D eigenvalue weighted by Gasteiger charge is 2.21. The molecule has 1 aromatic heterocycles. The van der Waals surface area contributed by atoms with Crippen LogP contribution in [0, 0.1) is 0 Å². The Labute approximate surface area is 135 Å². The standard InChI is InChI=1S/C18H21N3O2/c19-15-12-13(7-9-17(22)23)6-8-16(15)21-11-10-20-18(21)14-4-2-1-3-5-14/h6-12,14H,1-5,19H2,(H,22,23)/b9-7+. The van der Waals surface area contributed by atoms with Crippen LogP contribution in [-0.4, -0.2) is 20.6 Å². The molecular weight excluding hydrogens is 290 g/mol. The number of carboxylic acid groups (broad SMARTS) is 1. The second kappa shape index (κ2) is 6.69. The van der Waals surface area contributed by atoms with Gasteiger partial charge >= 0.3 is 5.97 Å². The van der Waals surface area contributed by atoms with Crippen molar-refractivity contribution in [2.45, 2.75) is 38.0 Å². The minimum absolute atomic E-state index is 0.490. The molecule has 1 aliphatic carbocycles. The lowest BCUT2D eigenvalue weighted by Crippen LogP contribution is -2.12. The Bertz CT molecular complexity index is 728. The fraction of sp³-hybridized carbons (Fsp3) is 0.333. The molecule has 1 saturated carbocycles. The van der Waals surface area contributed by atoms with Crippen molar-refractivity contribution in [3.63, 3.8) is 0 Å². The van der Waals surface area contributed by atoms with Gasteiger partial charge in [0.25, 0.3) is 0 Å². The average Bonchev–Trinajstić information content (AvgIpc) is 3.03. The minimum Gasteiger partial charge on any atom is -0.478 e. The topological polar surface area (TPSA) is 81.1 Å². The van der Waals surface area contributed by atoms with E-state index in [2.05, 4.69) is 9.55 Å². The predicted molar refractivity (Wildman–Crippen MR) is 90.5 cm³/mol. The molecule has 0 bridgehead atoms.